The zero-order valence-corrected chi connectivity index (χ0v) is 12.2. The largest absolute Gasteiger partial charge is 0.392 e. The first-order chi connectivity index (χ1) is 9.97. The minimum Gasteiger partial charge on any atom is -0.335 e. The lowest BCUT2D eigenvalue weighted by atomic mass is 9.74. The number of hydrogen-bond donors (Lipinski definition) is 2. The Kier molecular flexibility index (Phi) is 5.27. The number of nitrogens with one attached hydrogen (secondary N) is 1. The van der Waals surface area contributed by atoms with Crippen molar-refractivity contribution < 1.29 is 13.2 Å². The second-order valence-corrected chi connectivity index (χ2v) is 5.70. The normalized spacial score (nSPS) is 25.0. The number of nitrogens with two attached hydrogens (primary N) is 1. The summed E-state index contributed by atoms with van der Waals surface area (Å²) in [4.78, 5) is 4.24. The third kappa shape index (κ3) is 3.77. The van der Waals surface area contributed by atoms with Crippen LogP contribution in [0.4, 0.5) is 13.2 Å². The van der Waals surface area contributed by atoms with E-state index in [1.54, 1.807) is 6.20 Å². The van der Waals surface area contributed by atoms with E-state index in [9.17, 15) is 13.2 Å². The zero-order chi connectivity index (χ0) is 15.5. The van der Waals surface area contributed by atoms with Crippen LogP contribution in [-0.4, -0.2) is 21.8 Å². The van der Waals surface area contributed by atoms with Gasteiger partial charge in [0.05, 0.1) is 5.92 Å². The van der Waals surface area contributed by atoms with E-state index in [2.05, 4.69) is 10.4 Å². The molecule has 0 aromatic carbocycles. The number of rotatable bonds is 5. The number of aromatic nitrogens is 2. The van der Waals surface area contributed by atoms with Gasteiger partial charge in [-0.05, 0) is 25.7 Å². The Morgan fingerprint density at radius 2 is 2.14 bits per heavy atom. The van der Waals surface area contributed by atoms with Crippen molar-refractivity contribution in [3.05, 3.63) is 18.2 Å². The number of hydrogen-bond acceptors (Lipinski definition) is 3. The molecule has 2 rings (SSSR count). The van der Waals surface area contributed by atoms with E-state index in [0.717, 1.165) is 18.8 Å². The van der Waals surface area contributed by atoms with E-state index in [-0.39, 0.29) is 6.42 Å². The Morgan fingerprint density at radius 3 is 2.76 bits per heavy atom. The van der Waals surface area contributed by atoms with Gasteiger partial charge in [-0.3, -0.25) is 11.3 Å². The van der Waals surface area contributed by atoms with Crippen LogP contribution >= 0.6 is 0 Å². The standard InChI is InChI=1S/C14H23F3N4/c1-2-21-8-7-19-13(21)9-12(20-18)10-5-3-4-6-11(10)14(15,16)17/h7-8,10-12,20H,2-6,9,18H2,1H3. The van der Waals surface area contributed by atoms with Crippen molar-refractivity contribution in [1.29, 1.82) is 0 Å². The fourth-order valence-corrected chi connectivity index (χ4v) is 3.40. The van der Waals surface area contributed by atoms with Gasteiger partial charge in [0.2, 0.25) is 0 Å². The third-order valence-electron chi connectivity index (χ3n) is 4.52. The third-order valence-corrected chi connectivity index (χ3v) is 4.52. The van der Waals surface area contributed by atoms with Crippen molar-refractivity contribution in [2.45, 2.75) is 57.8 Å². The van der Waals surface area contributed by atoms with E-state index >= 15 is 0 Å². The van der Waals surface area contributed by atoms with Gasteiger partial charge < -0.3 is 4.57 Å². The topological polar surface area (TPSA) is 55.9 Å². The molecule has 1 heterocycles. The van der Waals surface area contributed by atoms with Gasteiger partial charge in [-0.25, -0.2) is 4.98 Å². The van der Waals surface area contributed by atoms with E-state index in [4.69, 9.17) is 5.84 Å². The van der Waals surface area contributed by atoms with E-state index in [1.165, 1.54) is 0 Å². The molecule has 1 aromatic heterocycles. The fourth-order valence-electron chi connectivity index (χ4n) is 3.40. The molecule has 21 heavy (non-hydrogen) atoms. The van der Waals surface area contributed by atoms with Crippen LogP contribution in [-0.2, 0) is 13.0 Å². The van der Waals surface area contributed by atoms with E-state index in [1.807, 2.05) is 17.7 Å². The van der Waals surface area contributed by atoms with Crippen LogP contribution in [0.2, 0.25) is 0 Å². The van der Waals surface area contributed by atoms with Crippen LogP contribution in [0.5, 0.6) is 0 Å². The van der Waals surface area contributed by atoms with Crippen molar-refractivity contribution in [1.82, 2.24) is 15.0 Å². The second kappa shape index (κ2) is 6.79. The van der Waals surface area contributed by atoms with Gasteiger partial charge in [-0.1, -0.05) is 12.8 Å². The SMILES string of the molecule is CCn1ccnc1CC(NN)C1CCCCC1C(F)(F)F. The molecule has 7 heteroatoms. The van der Waals surface area contributed by atoms with Crippen molar-refractivity contribution in [2.75, 3.05) is 0 Å². The first-order valence-corrected chi connectivity index (χ1v) is 7.50. The lowest BCUT2D eigenvalue weighted by molar-refractivity contribution is -0.199. The maximum atomic E-state index is 13.2. The summed E-state index contributed by atoms with van der Waals surface area (Å²) in [6.45, 7) is 2.73. The summed E-state index contributed by atoms with van der Waals surface area (Å²) in [7, 11) is 0. The highest BCUT2D eigenvalue weighted by molar-refractivity contribution is 4.98. The minimum absolute atomic E-state index is 0.203. The Morgan fingerprint density at radius 1 is 1.43 bits per heavy atom. The van der Waals surface area contributed by atoms with E-state index in [0.29, 0.717) is 19.3 Å². The van der Waals surface area contributed by atoms with Gasteiger partial charge in [-0.2, -0.15) is 13.2 Å². The summed E-state index contributed by atoms with van der Waals surface area (Å²) in [5, 5.41) is 0. The van der Waals surface area contributed by atoms with Crippen LogP contribution < -0.4 is 11.3 Å². The molecule has 0 amide bonds. The molecule has 0 saturated heterocycles. The summed E-state index contributed by atoms with van der Waals surface area (Å²) >= 11 is 0. The van der Waals surface area contributed by atoms with E-state index < -0.39 is 24.1 Å². The average Bonchev–Trinajstić information content (AvgIpc) is 2.91. The number of hydrazine groups is 1. The van der Waals surface area contributed by atoms with Gasteiger partial charge in [-0.15, -0.1) is 0 Å². The molecule has 1 saturated carbocycles. The van der Waals surface area contributed by atoms with Crippen LogP contribution in [0.15, 0.2) is 12.4 Å². The molecular formula is C14H23F3N4. The van der Waals surface area contributed by atoms with Crippen molar-refractivity contribution in [3.63, 3.8) is 0 Å². The first kappa shape index (κ1) is 16.3. The Balaban J connectivity index is 2.15. The van der Waals surface area contributed by atoms with Crippen molar-refractivity contribution in [3.8, 4) is 0 Å². The summed E-state index contributed by atoms with van der Waals surface area (Å²) in [5.74, 6) is 4.60. The average molecular weight is 304 g/mol. The molecular weight excluding hydrogens is 281 g/mol. The number of imidazole rings is 1. The number of halogens is 3. The molecule has 120 valence electrons. The smallest absolute Gasteiger partial charge is 0.335 e. The molecule has 3 atom stereocenters. The molecule has 1 aliphatic rings. The van der Waals surface area contributed by atoms with Gasteiger partial charge in [0.25, 0.3) is 0 Å². The monoisotopic (exact) mass is 304 g/mol. The Hall–Kier alpha value is -1.08. The summed E-state index contributed by atoms with van der Waals surface area (Å²) < 4.78 is 41.6. The number of aryl methyl sites for hydroxylation is 1. The lowest BCUT2D eigenvalue weighted by Gasteiger charge is -2.37. The summed E-state index contributed by atoms with van der Waals surface area (Å²) in [5.41, 5.74) is 2.61. The summed E-state index contributed by atoms with van der Waals surface area (Å²) in [6.07, 6.45) is 2.02. The van der Waals surface area contributed by atoms with Crippen molar-refractivity contribution >= 4 is 0 Å². The maximum Gasteiger partial charge on any atom is 0.392 e. The van der Waals surface area contributed by atoms with Crippen molar-refractivity contribution in [2.24, 2.45) is 17.7 Å². The Labute approximate surface area is 122 Å². The van der Waals surface area contributed by atoms with Gasteiger partial charge in [0, 0.05) is 31.4 Å². The first-order valence-electron chi connectivity index (χ1n) is 7.50. The molecule has 0 aliphatic heterocycles. The minimum atomic E-state index is -4.15. The van der Waals surface area contributed by atoms with Crippen LogP contribution in [0.3, 0.4) is 0 Å². The summed E-state index contributed by atoms with van der Waals surface area (Å²) in [6, 6.07) is -0.398. The molecule has 0 bridgehead atoms. The molecule has 1 aromatic rings. The quantitative estimate of drug-likeness (QED) is 0.649. The van der Waals surface area contributed by atoms with Crippen LogP contribution in [0.1, 0.15) is 38.4 Å². The molecule has 1 aliphatic carbocycles. The van der Waals surface area contributed by atoms with Gasteiger partial charge in [0.15, 0.2) is 0 Å². The number of alkyl halides is 3. The molecule has 3 unspecified atom stereocenters. The highest BCUT2D eigenvalue weighted by Gasteiger charge is 2.47. The zero-order valence-electron chi connectivity index (χ0n) is 12.2. The molecule has 4 nitrogen and oxygen atoms in total. The molecule has 3 N–H and O–H groups in total. The maximum absolute atomic E-state index is 13.2. The van der Waals surface area contributed by atoms with Gasteiger partial charge >= 0.3 is 6.18 Å². The highest BCUT2D eigenvalue weighted by Crippen LogP contribution is 2.43. The number of nitrogens with zero attached hydrogens (tertiary/aromatic N) is 2. The highest BCUT2D eigenvalue weighted by atomic mass is 19.4. The molecule has 1 fully saturated rings. The van der Waals surface area contributed by atoms with Crippen LogP contribution in [0, 0.1) is 11.8 Å². The predicted molar refractivity (Wildman–Crippen MR) is 74.2 cm³/mol. The fraction of sp³-hybridized carbons (Fsp3) is 0.786. The Bertz CT molecular complexity index is 444. The molecule has 0 radical (unpaired) electrons. The predicted octanol–water partition coefficient (Wildman–Crippen LogP) is 2.65. The van der Waals surface area contributed by atoms with Crippen LogP contribution in [0.25, 0.3) is 0 Å². The van der Waals surface area contributed by atoms with Gasteiger partial charge in [0.1, 0.15) is 5.82 Å². The molecule has 0 spiro atoms. The second-order valence-electron chi connectivity index (χ2n) is 5.70. The lowest BCUT2D eigenvalue weighted by Crippen LogP contribution is -2.49.